The Balaban J connectivity index is 1.64. The van der Waals surface area contributed by atoms with Crippen LogP contribution < -0.4 is 9.47 Å². The highest BCUT2D eigenvalue weighted by Crippen LogP contribution is 2.29. The third kappa shape index (κ3) is 5.24. The van der Waals surface area contributed by atoms with Crippen LogP contribution in [-0.4, -0.2) is 48.4 Å². The molecule has 1 aromatic heterocycles. The number of amides is 1. The Bertz CT molecular complexity index is 1400. The van der Waals surface area contributed by atoms with Gasteiger partial charge >= 0.3 is 0 Å². The SMILES string of the molecule is COc1ccc(CCN(C)C(=O)c2cc(-c3ccc(C)c(C)c3)nn2-c2ccccc2Cl)cc1OC. The van der Waals surface area contributed by atoms with Crippen LogP contribution in [0.3, 0.4) is 0 Å². The molecular formula is C29H30ClN3O3. The van der Waals surface area contributed by atoms with Gasteiger partial charge in [-0.2, -0.15) is 5.10 Å². The monoisotopic (exact) mass is 503 g/mol. The molecule has 6 nitrogen and oxygen atoms in total. The third-order valence-corrected chi connectivity index (χ3v) is 6.66. The lowest BCUT2D eigenvalue weighted by Crippen LogP contribution is -2.30. The van der Waals surface area contributed by atoms with Crippen molar-refractivity contribution in [1.82, 2.24) is 14.7 Å². The lowest BCUT2D eigenvalue weighted by molar-refractivity contribution is 0.0787. The lowest BCUT2D eigenvalue weighted by Gasteiger charge is -2.18. The van der Waals surface area contributed by atoms with Crippen molar-refractivity contribution in [1.29, 1.82) is 0 Å². The molecule has 4 aromatic rings. The zero-order valence-electron chi connectivity index (χ0n) is 21.2. The van der Waals surface area contributed by atoms with Gasteiger partial charge in [0.05, 0.1) is 30.6 Å². The van der Waals surface area contributed by atoms with Crippen molar-refractivity contribution >= 4 is 17.5 Å². The molecule has 0 spiro atoms. The van der Waals surface area contributed by atoms with Crippen molar-refractivity contribution in [2.24, 2.45) is 0 Å². The van der Waals surface area contributed by atoms with Crippen LogP contribution in [0.5, 0.6) is 11.5 Å². The zero-order valence-corrected chi connectivity index (χ0v) is 22.0. The molecule has 0 fully saturated rings. The first kappa shape index (κ1) is 25.3. The van der Waals surface area contributed by atoms with Gasteiger partial charge in [0.2, 0.25) is 0 Å². The van der Waals surface area contributed by atoms with E-state index in [2.05, 4.69) is 26.0 Å². The van der Waals surface area contributed by atoms with Crippen molar-refractivity contribution in [2.75, 3.05) is 27.8 Å². The molecular weight excluding hydrogens is 474 g/mol. The summed E-state index contributed by atoms with van der Waals surface area (Å²) in [6.07, 6.45) is 0.660. The average molecular weight is 504 g/mol. The van der Waals surface area contributed by atoms with Crippen molar-refractivity contribution < 1.29 is 14.3 Å². The summed E-state index contributed by atoms with van der Waals surface area (Å²) in [5.74, 6) is 1.20. The number of nitrogens with zero attached hydrogens (tertiary/aromatic N) is 3. The Kier molecular flexibility index (Phi) is 7.65. The summed E-state index contributed by atoms with van der Waals surface area (Å²) < 4.78 is 12.4. The predicted molar refractivity (Wildman–Crippen MR) is 144 cm³/mol. The number of hydrogen-bond acceptors (Lipinski definition) is 4. The second-order valence-corrected chi connectivity index (χ2v) is 9.15. The summed E-state index contributed by atoms with van der Waals surface area (Å²) >= 11 is 6.50. The first-order valence-electron chi connectivity index (χ1n) is 11.7. The molecule has 1 heterocycles. The van der Waals surface area contributed by atoms with Crippen molar-refractivity contribution in [3.05, 3.63) is 94.1 Å². The molecule has 0 bridgehead atoms. The van der Waals surface area contributed by atoms with Crippen LogP contribution >= 0.6 is 11.6 Å². The van der Waals surface area contributed by atoms with E-state index in [9.17, 15) is 4.79 Å². The summed E-state index contributed by atoms with van der Waals surface area (Å²) in [4.78, 5) is 15.3. The van der Waals surface area contributed by atoms with Crippen LogP contribution in [0.25, 0.3) is 16.9 Å². The van der Waals surface area contributed by atoms with Gasteiger partial charge in [-0.15, -0.1) is 0 Å². The summed E-state index contributed by atoms with van der Waals surface area (Å²) in [6.45, 7) is 4.66. The molecule has 0 aliphatic rings. The van der Waals surface area contributed by atoms with Crippen LogP contribution in [0.15, 0.2) is 66.7 Å². The number of benzene rings is 3. The quantitative estimate of drug-likeness (QED) is 0.290. The summed E-state index contributed by atoms with van der Waals surface area (Å²) in [5, 5.41) is 5.32. The van der Waals surface area contributed by atoms with Gasteiger partial charge in [0.25, 0.3) is 5.91 Å². The molecule has 0 aliphatic carbocycles. The number of hydrogen-bond donors (Lipinski definition) is 0. The fraction of sp³-hybridized carbons (Fsp3) is 0.241. The number of ether oxygens (including phenoxy) is 2. The number of aromatic nitrogens is 2. The van der Waals surface area contributed by atoms with Gasteiger partial charge in [0.15, 0.2) is 11.5 Å². The average Bonchev–Trinajstić information content (AvgIpc) is 3.33. The molecule has 1 amide bonds. The molecule has 0 aliphatic heterocycles. The first-order valence-corrected chi connectivity index (χ1v) is 12.1. The summed E-state index contributed by atoms with van der Waals surface area (Å²) in [6, 6.07) is 21.2. The summed E-state index contributed by atoms with van der Waals surface area (Å²) in [7, 11) is 5.02. The standard InChI is InChI=1S/C29H30ClN3O3/c1-19-10-12-22(16-20(19)2)24-18-26(33(31-24)25-9-7-6-8-23(25)30)29(34)32(3)15-14-21-11-13-27(35-4)28(17-21)36-5/h6-13,16-18H,14-15H2,1-5H3. The van der Waals surface area contributed by atoms with Crippen LogP contribution in [0, 0.1) is 13.8 Å². The van der Waals surface area contributed by atoms with E-state index in [0.29, 0.717) is 40.9 Å². The van der Waals surface area contributed by atoms with Crippen molar-refractivity contribution in [3.8, 4) is 28.4 Å². The molecule has 0 N–H and O–H groups in total. The van der Waals surface area contributed by atoms with E-state index >= 15 is 0 Å². The maximum absolute atomic E-state index is 13.6. The molecule has 36 heavy (non-hydrogen) atoms. The lowest BCUT2D eigenvalue weighted by atomic mass is 10.0. The fourth-order valence-corrected chi connectivity index (χ4v) is 4.23. The van der Waals surface area contributed by atoms with Gasteiger partial charge in [-0.25, -0.2) is 4.68 Å². The topological polar surface area (TPSA) is 56.6 Å². The van der Waals surface area contributed by atoms with Gasteiger partial charge in [-0.3, -0.25) is 4.79 Å². The Morgan fingerprint density at radius 3 is 2.39 bits per heavy atom. The van der Waals surface area contributed by atoms with E-state index in [1.807, 2.05) is 48.5 Å². The predicted octanol–water partition coefficient (Wildman–Crippen LogP) is 6.14. The second kappa shape index (κ2) is 10.9. The number of rotatable bonds is 8. The molecule has 0 radical (unpaired) electrons. The fourth-order valence-electron chi connectivity index (χ4n) is 4.01. The number of carbonyl (C=O) groups excluding carboxylic acids is 1. The number of likely N-dealkylation sites (N-methyl/N-ethyl adjacent to an activating group) is 1. The van der Waals surface area contributed by atoms with E-state index < -0.39 is 0 Å². The number of para-hydroxylation sites is 1. The molecule has 7 heteroatoms. The van der Waals surface area contributed by atoms with Gasteiger partial charge < -0.3 is 14.4 Å². The maximum atomic E-state index is 13.6. The zero-order chi connectivity index (χ0) is 25.8. The van der Waals surface area contributed by atoms with E-state index in [1.165, 1.54) is 11.1 Å². The highest BCUT2D eigenvalue weighted by Gasteiger charge is 2.22. The third-order valence-electron chi connectivity index (χ3n) is 6.34. The van der Waals surface area contributed by atoms with Crippen molar-refractivity contribution in [3.63, 3.8) is 0 Å². The Morgan fingerprint density at radius 1 is 0.944 bits per heavy atom. The highest BCUT2D eigenvalue weighted by molar-refractivity contribution is 6.32. The molecule has 0 saturated heterocycles. The molecule has 0 atom stereocenters. The number of methoxy groups -OCH3 is 2. The number of aryl methyl sites for hydroxylation is 2. The van der Waals surface area contributed by atoms with E-state index in [4.69, 9.17) is 26.2 Å². The first-order chi connectivity index (χ1) is 17.3. The second-order valence-electron chi connectivity index (χ2n) is 8.74. The molecule has 3 aromatic carbocycles. The minimum absolute atomic E-state index is 0.141. The maximum Gasteiger partial charge on any atom is 0.272 e. The van der Waals surface area contributed by atoms with Gasteiger partial charge in [0.1, 0.15) is 5.69 Å². The number of halogens is 1. The smallest absolute Gasteiger partial charge is 0.272 e. The van der Waals surface area contributed by atoms with Crippen LogP contribution in [0.4, 0.5) is 0 Å². The molecule has 4 rings (SSSR count). The Labute approximate surface area is 217 Å². The normalized spacial score (nSPS) is 10.8. The molecule has 0 unspecified atom stereocenters. The van der Waals surface area contributed by atoms with Crippen molar-refractivity contribution in [2.45, 2.75) is 20.3 Å². The van der Waals surface area contributed by atoms with E-state index in [1.54, 1.807) is 36.9 Å². The minimum Gasteiger partial charge on any atom is -0.493 e. The van der Waals surface area contributed by atoms with E-state index in [-0.39, 0.29) is 5.91 Å². The highest BCUT2D eigenvalue weighted by atomic mass is 35.5. The molecule has 186 valence electrons. The van der Waals surface area contributed by atoms with Gasteiger partial charge in [-0.1, -0.05) is 41.9 Å². The Hall–Kier alpha value is -3.77. The van der Waals surface area contributed by atoms with Gasteiger partial charge in [0, 0.05) is 19.2 Å². The largest absolute Gasteiger partial charge is 0.493 e. The van der Waals surface area contributed by atoms with E-state index in [0.717, 1.165) is 16.8 Å². The number of carbonyl (C=O) groups is 1. The van der Waals surface area contributed by atoms with Crippen LogP contribution in [0.1, 0.15) is 27.2 Å². The van der Waals surface area contributed by atoms with Crippen LogP contribution in [0.2, 0.25) is 5.02 Å². The Morgan fingerprint density at radius 2 is 1.69 bits per heavy atom. The summed E-state index contributed by atoms with van der Waals surface area (Å²) in [5.41, 5.74) is 6.19. The van der Waals surface area contributed by atoms with Crippen LogP contribution in [-0.2, 0) is 6.42 Å². The minimum atomic E-state index is -0.141. The molecule has 0 saturated carbocycles. The van der Waals surface area contributed by atoms with Gasteiger partial charge in [-0.05, 0) is 73.4 Å².